The molecule has 4 nitrogen and oxygen atoms in total. The van der Waals surface area contributed by atoms with E-state index in [1.54, 1.807) is 0 Å². The minimum atomic E-state index is -0.0799. The summed E-state index contributed by atoms with van der Waals surface area (Å²) in [6.45, 7) is 0.912. The average molecular weight is 282 g/mol. The van der Waals surface area contributed by atoms with Crippen LogP contribution in [0.15, 0.2) is 54.6 Å². The third kappa shape index (κ3) is 3.61. The summed E-state index contributed by atoms with van der Waals surface area (Å²) in [7, 11) is 0. The predicted molar refractivity (Wildman–Crippen MR) is 82.6 cm³/mol. The number of rotatable bonds is 4. The highest BCUT2D eigenvalue weighted by Gasteiger charge is 2.21. The molecule has 4 heteroatoms. The fourth-order valence-corrected chi connectivity index (χ4v) is 2.40. The molecule has 21 heavy (non-hydrogen) atoms. The van der Waals surface area contributed by atoms with Gasteiger partial charge in [-0.25, -0.2) is 0 Å². The summed E-state index contributed by atoms with van der Waals surface area (Å²) < 4.78 is 5.76. The molecule has 1 aliphatic heterocycles. The molecule has 1 atom stereocenters. The molecule has 1 fully saturated rings. The standard InChI is InChI=1S/C17H18N2O2/c20-17(16-10-5-11-18-16)19-13-6-4-9-15(12-13)21-14-7-2-1-3-8-14/h1-4,6-9,12,16,18H,5,10-11H2,(H,19,20)/t16-/m0/s1. The van der Waals surface area contributed by atoms with Crippen molar-refractivity contribution in [1.29, 1.82) is 0 Å². The van der Waals surface area contributed by atoms with Gasteiger partial charge in [0.25, 0.3) is 0 Å². The fraction of sp³-hybridized carbons (Fsp3) is 0.235. The molecule has 1 aliphatic rings. The monoisotopic (exact) mass is 282 g/mol. The maximum atomic E-state index is 12.1. The van der Waals surface area contributed by atoms with E-state index in [9.17, 15) is 4.79 Å². The van der Waals surface area contributed by atoms with Crippen LogP contribution in [0.3, 0.4) is 0 Å². The van der Waals surface area contributed by atoms with Crippen LogP contribution in [-0.4, -0.2) is 18.5 Å². The molecular weight excluding hydrogens is 264 g/mol. The quantitative estimate of drug-likeness (QED) is 0.905. The topological polar surface area (TPSA) is 50.4 Å². The zero-order valence-corrected chi connectivity index (χ0v) is 11.7. The average Bonchev–Trinajstić information content (AvgIpc) is 3.03. The minimum Gasteiger partial charge on any atom is -0.457 e. The summed E-state index contributed by atoms with van der Waals surface area (Å²) in [5, 5.41) is 6.12. The number of para-hydroxylation sites is 1. The molecule has 0 saturated carbocycles. The third-order valence-corrected chi connectivity index (χ3v) is 3.46. The molecule has 0 aliphatic carbocycles. The van der Waals surface area contributed by atoms with Crippen molar-refractivity contribution in [3.8, 4) is 11.5 Å². The molecule has 3 rings (SSSR count). The largest absolute Gasteiger partial charge is 0.457 e. The van der Waals surface area contributed by atoms with Gasteiger partial charge in [-0.2, -0.15) is 0 Å². The van der Waals surface area contributed by atoms with Gasteiger partial charge in [-0.3, -0.25) is 4.79 Å². The van der Waals surface area contributed by atoms with Crippen LogP contribution in [0.25, 0.3) is 0 Å². The van der Waals surface area contributed by atoms with E-state index < -0.39 is 0 Å². The van der Waals surface area contributed by atoms with E-state index in [0.29, 0.717) is 5.75 Å². The van der Waals surface area contributed by atoms with Gasteiger partial charge in [0.2, 0.25) is 5.91 Å². The van der Waals surface area contributed by atoms with Crippen LogP contribution in [0.5, 0.6) is 11.5 Å². The van der Waals surface area contributed by atoms with E-state index in [4.69, 9.17) is 4.74 Å². The van der Waals surface area contributed by atoms with Crippen molar-refractivity contribution >= 4 is 11.6 Å². The summed E-state index contributed by atoms with van der Waals surface area (Å²) in [5.41, 5.74) is 0.752. The second-order valence-corrected chi connectivity index (χ2v) is 5.08. The van der Waals surface area contributed by atoms with Gasteiger partial charge in [-0.15, -0.1) is 0 Å². The van der Waals surface area contributed by atoms with Crippen LogP contribution in [0.1, 0.15) is 12.8 Å². The number of carbonyl (C=O) groups excluding carboxylic acids is 1. The Bertz CT molecular complexity index is 607. The highest BCUT2D eigenvalue weighted by Crippen LogP contribution is 2.24. The van der Waals surface area contributed by atoms with Crippen molar-refractivity contribution in [3.63, 3.8) is 0 Å². The Labute approximate surface area is 124 Å². The number of carbonyl (C=O) groups is 1. The molecular formula is C17H18N2O2. The molecule has 1 saturated heterocycles. The lowest BCUT2D eigenvalue weighted by molar-refractivity contribution is -0.117. The first-order valence-corrected chi connectivity index (χ1v) is 7.18. The molecule has 0 spiro atoms. The predicted octanol–water partition coefficient (Wildman–Crippen LogP) is 3.17. The van der Waals surface area contributed by atoms with Crippen LogP contribution in [0.4, 0.5) is 5.69 Å². The van der Waals surface area contributed by atoms with Crippen molar-refractivity contribution in [3.05, 3.63) is 54.6 Å². The van der Waals surface area contributed by atoms with Gasteiger partial charge in [-0.05, 0) is 43.7 Å². The maximum absolute atomic E-state index is 12.1. The Kier molecular flexibility index (Phi) is 4.17. The zero-order valence-electron chi connectivity index (χ0n) is 11.7. The highest BCUT2D eigenvalue weighted by atomic mass is 16.5. The number of benzene rings is 2. The number of hydrogen-bond acceptors (Lipinski definition) is 3. The number of amides is 1. The van der Waals surface area contributed by atoms with Crippen molar-refractivity contribution in [2.24, 2.45) is 0 Å². The maximum Gasteiger partial charge on any atom is 0.241 e. The van der Waals surface area contributed by atoms with E-state index in [0.717, 1.165) is 30.8 Å². The lowest BCUT2D eigenvalue weighted by atomic mass is 10.2. The van der Waals surface area contributed by atoms with E-state index in [2.05, 4.69) is 10.6 Å². The van der Waals surface area contributed by atoms with Crippen molar-refractivity contribution in [1.82, 2.24) is 5.32 Å². The smallest absolute Gasteiger partial charge is 0.241 e. The Morgan fingerprint density at radius 1 is 1.10 bits per heavy atom. The summed E-state index contributed by atoms with van der Waals surface area (Å²) in [5.74, 6) is 1.50. The van der Waals surface area contributed by atoms with Gasteiger partial charge in [0.15, 0.2) is 0 Å². The van der Waals surface area contributed by atoms with Gasteiger partial charge < -0.3 is 15.4 Å². The zero-order chi connectivity index (χ0) is 14.5. The summed E-state index contributed by atoms with van der Waals surface area (Å²) in [6.07, 6.45) is 1.95. The lowest BCUT2D eigenvalue weighted by Crippen LogP contribution is -2.35. The van der Waals surface area contributed by atoms with E-state index in [1.165, 1.54) is 0 Å². The van der Waals surface area contributed by atoms with Gasteiger partial charge in [0, 0.05) is 11.8 Å². The van der Waals surface area contributed by atoms with Gasteiger partial charge in [0.05, 0.1) is 6.04 Å². The molecule has 108 valence electrons. The first-order valence-electron chi connectivity index (χ1n) is 7.18. The molecule has 0 radical (unpaired) electrons. The van der Waals surface area contributed by atoms with Crippen molar-refractivity contribution < 1.29 is 9.53 Å². The molecule has 2 aromatic carbocycles. The summed E-state index contributed by atoms with van der Waals surface area (Å²) in [6, 6.07) is 16.9. The van der Waals surface area contributed by atoms with E-state index in [1.807, 2.05) is 54.6 Å². The minimum absolute atomic E-state index is 0.0179. The van der Waals surface area contributed by atoms with Gasteiger partial charge >= 0.3 is 0 Å². The number of ether oxygens (including phenoxy) is 1. The molecule has 1 heterocycles. The van der Waals surface area contributed by atoms with Crippen LogP contribution < -0.4 is 15.4 Å². The van der Waals surface area contributed by atoms with Crippen LogP contribution in [0.2, 0.25) is 0 Å². The Hall–Kier alpha value is -2.33. The molecule has 0 unspecified atom stereocenters. The molecule has 0 bridgehead atoms. The Morgan fingerprint density at radius 2 is 1.90 bits per heavy atom. The molecule has 0 aromatic heterocycles. The summed E-state index contributed by atoms with van der Waals surface area (Å²) in [4.78, 5) is 12.1. The van der Waals surface area contributed by atoms with Crippen LogP contribution in [0, 0.1) is 0 Å². The first-order chi connectivity index (χ1) is 10.3. The number of nitrogens with one attached hydrogen (secondary N) is 2. The van der Waals surface area contributed by atoms with Gasteiger partial charge in [-0.1, -0.05) is 24.3 Å². The van der Waals surface area contributed by atoms with Gasteiger partial charge in [0.1, 0.15) is 11.5 Å². The fourth-order valence-electron chi connectivity index (χ4n) is 2.40. The number of hydrogen-bond donors (Lipinski definition) is 2. The SMILES string of the molecule is O=C(Nc1cccc(Oc2ccccc2)c1)[C@@H]1CCCN1. The third-order valence-electron chi connectivity index (χ3n) is 3.46. The number of anilines is 1. The lowest BCUT2D eigenvalue weighted by Gasteiger charge is -2.12. The van der Waals surface area contributed by atoms with Crippen molar-refractivity contribution in [2.45, 2.75) is 18.9 Å². The highest BCUT2D eigenvalue weighted by molar-refractivity contribution is 5.95. The molecule has 2 N–H and O–H groups in total. The Balaban J connectivity index is 1.66. The second kappa shape index (κ2) is 6.41. The second-order valence-electron chi connectivity index (χ2n) is 5.08. The van der Waals surface area contributed by atoms with E-state index in [-0.39, 0.29) is 11.9 Å². The normalized spacial score (nSPS) is 17.4. The van der Waals surface area contributed by atoms with E-state index >= 15 is 0 Å². The summed E-state index contributed by atoms with van der Waals surface area (Å²) >= 11 is 0. The first kappa shape index (κ1) is 13.6. The molecule has 1 amide bonds. The molecule has 2 aromatic rings. The Morgan fingerprint density at radius 3 is 2.67 bits per heavy atom. The van der Waals surface area contributed by atoms with Crippen LogP contribution in [-0.2, 0) is 4.79 Å². The van der Waals surface area contributed by atoms with Crippen molar-refractivity contribution in [2.75, 3.05) is 11.9 Å². The van der Waals surface area contributed by atoms with Crippen LogP contribution >= 0.6 is 0 Å².